The summed E-state index contributed by atoms with van der Waals surface area (Å²) in [5.74, 6) is 0.524. The number of nitrogens with one attached hydrogen (secondary N) is 2. The summed E-state index contributed by atoms with van der Waals surface area (Å²) >= 11 is 4.74. The molecule has 0 saturated carbocycles. The minimum Gasteiger partial charge on any atom is -0.316 e. The number of amides is 1. The van der Waals surface area contributed by atoms with Crippen LogP contribution in [0, 0.1) is 11.8 Å². The third kappa shape index (κ3) is 2.56. The first-order valence-corrected chi connectivity index (χ1v) is 6.40. The highest BCUT2D eigenvalue weighted by molar-refractivity contribution is 9.11. The highest BCUT2D eigenvalue weighted by atomic mass is 79.9. The smallest absolute Gasteiger partial charge is 0.230 e. The topological polar surface area (TPSA) is 54.0 Å². The Morgan fingerprint density at radius 1 is 1.73 bits per heavy atom. The number of carbonyl (C=O) groups excluding carboxylic acids is 1. The fourth-order valence-corrected chi connectivity index (χ4v) is 2.78. The van der Waals surface area contributed by atoms with Crippen LogP contribution in [0.25, 0.3) is 0 Å². The zero-order valence-electron chi connectivity index (χ0n) is 8.29. The minimum atomic E-state index is 0.0627. The maximum atomic E-state index is 11.8. The van der Waals surface area contributed by atoms with Gasteiger partial charge < -0.3 is 10.6 Å². The molecule has 0 spiro atoms. The molecule has 15 heavy (non-hydrogen) atoms. The van der Waals surface area contributed by atoms with Crippen molar-refractivity contribution in [3.63, 3.8) is 0 Å². The molecule has 0 aliphatic carbocycles. The first-order valence-electron chi connectivity index (χ1n) is 4.79. The lowest BCUT2D eigenvalue weighted by molar-refractivity contribution is -0.120. The van der Waals surface area contributed by atoms with Crippen LogP contribution in [0.5, 0.6) is 0 Å². The molecule has 6 heteroatoms. The number of anilines is 1. The van der Waals surface area contributed by atoms with Crippen LogP contribution in [-0.2, 0) is 4.79 Å². The van der Waals surface area contributed by atoms with Crippen molar-refractivity contribution in [1.82, 2.24) is 10.3 Å². The van der Waals surface area contributed by atoms with Gasteiger partial charge in [-0.05, 0) is 28.4 Å². The Bertz CT molecular complexity index is 368. The van der Waals surface area contributed by atoms with Crippen LogP contribution in [0.1, 0.15) is 6.92 Å². The van der Waals surface area contributed by atoms with Crippen LogP contribution in [-0.4, -0.2) is 24.0 Å². The van der Waals surface area contributed by atoms with E-state index in [0.717, 1.165) is 16.9 Å². The second kappa shape index (κ2) is 4.59. The van der Waals surface area contributed by atoms with E-state index in [0.29, 0.717) is 11.0 Å². The van der Waals surface area contributed by atoms with E-state index in [9.17, 15) is 4.79 Å². The van der Waals surface area contributed by atoms with Crippen molar-refractivity contribution in [2.75, 3.05) is 18.4 Å². The molecule has 1 aromatic heterocycles. The third-order valence-electron chi connectivity index (χ3n) is 2.56. The lowest BCUT2D eigenvalue weighted by Crippen LogP contribution is -2.27. The van der Waals surface area contributed by atoms with Gasteiger partial charge in [0.1, 0.15) is 0 Å². The van der Waals surface area contributed by atoms with Gasteiger partial charge in [0.05, 0.1) is 15.9 Å². The predicted molar refractivity (Wildman–Crippen MR) is 64.0 cm³/mol. The molecule has 0 aromatic carbocycles. The second-order valence-corrected chi connectivity index (χ2v) is 6.11. The zero-order chi connectivity index (χ0) is 10.8. The SMILES string of the molecule is CC1CNCC1C(=O)Nc1ncc(Br)s1. The molecular formula is C9H12BrN3OS. The van der Waals surface area contributed by atoms with Gasteiger partial charge >= 0.3 is 0 Å². The summed E-state index contributed by atoms with van der Waals surface area (Å²) < 4.78 is 0.926. The van der Waals surface area contributed by atoms with E-state index in [1.165, 1.54) is 11.3 Å². The molecule has 1 aliphatic heterocycles. The fraction of sp³-hybridized carbons (Fsp3) is 0.556. The van der Waals surface area contributed by atoms with Gasteiger partial charge in [0, 0.05) is 6.54 Å². The van der Waals surface area contributed by atoms with E-state index in [-0.39, 0.29) is 11.8 Å². The molecule has 2 heterocycles. The molecule has 1 saturated heterocycles. The second-order valence-electron chi connectivity index (χ2n) is 3.70. The predicted octanol–water partition coefficient (Wildman–Crippen LogP) is 1.70. The largest absolute Gasteiger partial charge is 0.316 e. The lowest BCUT2D eigenvalue weighted by Gasteiger charge is -2.12. The molecule has 2 rings (SSSR count). The molecule has 1 amide bonds. The number of rotatable bonds is 2. The lowest BCUT2D eigenvalue weighted by atomic mass is 9.97. The molecule has 1 fully saturated rings. The summed E-state index contributed by atoms with van der Waals surface area (Å²) in [6.07, 6.45) is 1.69. The van der Waals surface area contributed by atoms with E-state index in [2.05, 4.69) is 38.5 Å². The van der Waals surface area contributed by atoms with Gasteiger partial charge in [-0.15, -0.1) is 0 Å². The molecule has 1 aromatic rings. The van der Waals surface area contributed by atoms with Gasteiger partial charge in [-0.3, -0.25) is 4.79 Å². The van der Waals surface area contributed by atoms with Crippen LogP contribution in [0.15, 0.2) is 9.98 Å². The summed E-state index contributed by atoms with van der Waals surface area (Å²) in [5, 5.41) is 6.70. The summed E-state index contributed by atoms with van der Waals surface area (Å²) in [6.45, 7) is 3.77. The number of carbonyl (C=O) groups is 1. The van der Waals surface area contributed by atoms with E-state index in [1.54, 1.807) is 6.20 Å². The Kier molecular flexibility index (Phi) is 3.38. The Morgan fingerprint density at radius 2 is 2.53 bits per heavy atom. The average Bonchev–Trinajstić information content (AvgIpc) is 2.75. The standard InChI is InChI=1S/C9H12BrN3OS/c1-5-2-11-3-6(5)8(14)13-9-12-4-7(10)15-9/h4-6,11H,2-3H2,1H3,(H,12,13,14). The molecule has 2 N–H and O–H groups in total. The Morgan fingerprint density at radius 3 is 3.07 bits per heavy atom. The average molecular weight is 290 g/mol. The van der Waals surface area contributed by atoms with Crippen LogP contribution >= 0.6 is 27.3 Å². The quantitative estimate of drug-likeness (QED) is 0.871. The monoisotopic (exact) mass is 289 g/mol. The summed E-state index contributed by atoms with van der Waals surface area (Å²) in [5.41, 5.74) is 0. The van der Waals surface area contributed by atoms with Crippen molar-refractivity contribution in [3.05, 3.63) is 9.98 Å². The number of nitrogens with zero attached hydrogens (tertiary/aromatic N) is 1. The molecule has 2 atom stereocenters. The van der Waals surface area contributed by atoms with Gasteiger partial charge in [-0.1, -0.05) is 18.3 Å². The summed E-state index contributed by atoms with van der Waals surface area (Å²) in [4.78, 5) is 15.9. The number of hydrogen-bond donors (Lipinski definition) is 2. The van der Waals surface area contributed by atoms with Gasteiger partial charge in [0.15, 0.2) is 5.13 Å². The van der Waals surface area contributed by atoms with Crippen molar-refractivity contribution in [1.29, 1.82) is 0 Å². The number of halogens is 1. The molecule has 82 valence electrons. The molecule has 4 nitrogen and oxygen atoms in total. The van der Waals surface area contributed by atoms with Gasteiger partial charge in [0.2, 0.25) is 5.91 Å². The Labute approximate surface area is 101 Å². The highest BCUT2D eigenvalue weighted by Gasteiger charge is 2.29. The van der Waals surface area contributed by atoms with E-state index in [1.807, 2.05) is 0 Å². The first-order chi connectivity index (χ1) is 7.16. The summed E-state index contributed by atoms with van der Waals surface area (Å²) in [6, 6.07) is 0. The van der Waals surface area contributed by atoms with Crippen LogP contribution in [0.4, 0.5) is 5.13 Å². The van der Waals surface area contributed by atoms with Gasteiger partial charge in [-0.25, -0.2) is 4.98 Å². The van der Waals surface area contributed by atoms with Crippen LogP contribution in [0.3, 0.4) is 0 Å². The third-order valence-corrected chi connectivity index (χ3v) is 3.95. The highest BCUT2D eigenvalue weighted by Crippen LogP contribution is 2.25. The number of aromatic nitrogens is 1. The maximum absolute atomic E-state index is 11.8. The number of hydrogen-bond acceptors (Lipinski definition) is 4. The van der Waals surface area contributed by atoms with Gasteiger partial charge in [0.25, 0.3) is 0 Å². The Hall–Kier alpha value is -0.460. The van der Waals surface area contributed by atoms with Crippen molar-refractivity contribution in [3.8, 4) is 0 Å². The van der Waals surface area contributed by atoms with Crippen molar-refractivity contribution in [2.45, 2.75) is 6.92 Å². The molecule has 2 unspecified atom stereocenters. The Balaban J connectivity index is 1.97. The molecule has 0 bridgehead atoms. The van der Waals surface area contributed by atoms with Crippen LogP contribution in [0.2, 0.25) is 0 Å². The normalized spacial score (nSPS) is 25.5. The number of thiazole rings is 1. The van der Waals surface area contributed by atoms with Crippen molar-refractivity contribution in [2.24, 2.45) is 11.8 Å². The molecular weight excluding hydrogens is 278 g/mol. The van der Waals surface area contributed by atoms with E-state index >= 15 is 0 Å². The first kappa shape index (κ1) is 11.0. The van der Waals surface area contributed by atoms with Crippen LogP contribution < -0.4 is 10.6 Å². The molecule has 0 radical (unpaired) electrons. The van der Waals surface area contributed by atoms with Gasteiger partial charge in [-0.2, -0.15) is 0 Å². The minimum absolute atomic E-state index is 0.0627. The van der Waals surface area contributed by atoms with E-state index < -0.39 is 0 Å². The van der Waals surface area contributed by atoms with Crippen molar-refractivity contribution >= 4 is 38.3 Å². The van der Waals surface area contributed by atoms with Crippen molar-refractivity contribution < 1.29 is 4.79 Å². The molecule has 1 aliphatic rings. The maximum Gasteiger partial charge on any atom is 0.230 e. The zero-order valence-corrected chi connectivity index (χ0v) is 10.7. The fourth-order valence-electron chi connectivity index (χ4n) is 1.67. The van der Waals surface area contributed by atoms with E-state index in [4.69, 9.17) is 0 Å². The summed E-state index contributed by atoms with van der Waals surface area (Å²) in [7, 11) is 0.